The predicted octanol–water partition coefficient (Wildman–Crippen LogP) is 2.87. The Morgan fingerprint density at radius 3 is 2.77 bits per heavy atom. The van der Waals surface area contributed by atoms with E-state index in [4.69, 9.17) is 11.6 Å². The predicted molar refractivity (Wildman–Crippen MR) is 55.5 cm³/mol. The summed E-state index contributed by atoms with van der Waals surface area (Å²) in [5.41, 5.74) is 0.176. The maximum Gasteiger partial charge on any atom is 0.339 e. The van der Waals surface area contributed by atoms with Gasteiger partial charge in [-0.1, -0.05) is 11.6 Å². The van der Waals surface area contributed by atoms with Crippen LogP contribution in [0.15, 0.2) is 12.1 Å². The highest BCUT2D eigenvalue weighted by Gasteiger charge is 2.13. The lowest BCUT2D eigenvalue weighted by molar-refractivity contribution is 0.0601. The van der Waals surface area contributed by atoms with Crippen molar-refractivity contribution in [2.75, 3.05) is 7.11 Å². The number of methoxy groups -OCH3 is 1. The van der Waals surface area contributed by atoms with Crippen LogP contribution in [0.3, 0.4) is 0 Å². The van der Waals surface area contributed by atoms with E-state index in [2.05, 4.69) is 4.74 Å². The zero-order valence-electron chi connectivity index (χ0n) is 6.61. The second-order valence-corrected chi connectivity index (χ2v) is 3.81. The third-order valence-electron chi connectivity index (χ3n) is 1.42. The molecular formula is C8H5ClFIO2. The summed E-state index contributed by atoms with van der Waals surface area (Å²) in [6, 6.07) is 2.44. The molecule has 0 fully saturated rings. The molecule has 0 atom stereocenters. The fourth-order valence-electron chi connectivity index (χ4n) is 0.789. The van der Waals surface area contributed by atoms with Gasteiger partial charge in [0.15, 0.2) is 0 Å². The van der Waals surface area contributed by atoms with Crippen LogP contribution in [0.4, 0.5) is 4.39 Å². The monoisotopic (exact) mass is 314 g/mol. The number of rotatable bonds is 1. The molecule has 5 heteroatoms. The molecule has 0 unspecified atom stereocenters. The van der Waals surface area contributed by atoms with Crippen LogP contribution in [0.1, 0.15) is 10.4 Å². The van der Waals surface area contributed by atoms with Gasteiger partial charge in [0.1, 0.15) is 5.82 Å². The number of hydrogen-bond donors (Lipinski definition) is 0. The van der Waals surface area contributed by atoms with E-state index in [1.165, 1.54) is 13.2 Å². The standard InChI is InChI=1S/C8H5ClFIO2/c1-13-8(12)4-2-7(11)6(10)3-5(4)9/h2-3H,1H3. The molecule has 0 aliphatic heterocycles. The SMILES string of the molecule is COC(=O)c1cc(I)c(F)cc1Cl. The highest BCUT2D eigenvalue weighted by Crippen LogP contribution is 2.22. The van der Waals surface area contributed by atoms with Gasteiger partial charge in [0.05, 0.1) is 17.7 Å². The van der Waals surface area contributed by atoms with Gasteiger partial charge in [-0.2, -0.15) is 0 Å². The van der Waals surface area contributed by atoms with Gasteiger partial charge in [-0.25, -0.2) is 9.18 Å². The molecule has 70 valence electrons. The Kier molecular flexibility index (Phi) is 3.49. The van der Waals surface area contributed by atoms with Crippen molar-refractivity contribution in [3.63, 3.8) is 0 Å². The second kappa shape index (κ2) is 4.23. The summed E-state index contributed by atoms with van der Waals surface area (Å²) < 4.78 is 17.7. The first-order valence-electron chi connectivity index (χ1n) is 3.29. The fraction of sp³-hybridized carbons (Fsp3) is 0.125. The molecule has 1 aromatic rings. The molecule has 0 amide bonds. The van der Waals surface area contributed by atoms with Gasteiger partial charge in [-0.15, -0.1) is 0 Å². The van der Waals surface area contributed by atoms with Crippen molar-refractivity contribution < 1.29 is 13.9 Å². The first-order chi connectivity index (χ1) is 6.06. The largest absolute Gasteiger partial charge is 0.465 e. The Morgan fingerprint density at radius 1 is 1.62 bits per heavy atom. The van der Waals surface area contributed by atoms with Crippen molar-refractivity contribution in [1.82, 2.24) is 0 Å². The molecule has 0 N–H and O–H groups in total. The molecule has 0 saturated heterocycles. The third-order valence-corrected chi connectivity index (χ3v) is 2.55. The highest BCUT2D eigenvalue weighted by molar-refractivity contribution is 14.1. The zero-order chi connectivity index (χ0) is 10.0. The number of ether oxygens (including phenoxy) is 1. The lowest BCUT2D eigenvalue weighted by Gasteiger charge is -2.03. The van der Waals surface area contributed by atoms with Gasteiger partial charge in [0.2, 0.25) is 0 Å². The molecule has 1 rings (SSSR count). The summed E-state index contributed by atoms with van der Waals surface area (Å²) >= 11 is 7.41. The van der Waals surface area contributed by atoms with E-state index in [0.717, 1.165) is 6.07 Å². The van der Waals surface area contributed by atoms with Crippen LogP contribution in [0, 0.1) is 9.39 Å². The van der Waals surface area contributed by atoms with E-state index in [0.29, 0.717) is 3.57 Å². The lowest BCUT2D eigenvalue weighted by Crippen LogP contribution is -2.03. The number of carbonyl (C=O) groups is 1. The van der Waals surface area contributed by atoms with Crippen LogP contribution in [0.2, 0.25) is 5.02 Å². The Labute approximate surface area is 93.2 Å². The smallest absolute Gasteiger partial charge is 0.339 e. The normalized spacial score (nSPS) is 9.85. The van der Waals surface area contributed by atoms with Crippen molar-refractivity contribution in [1.29, 1.82) is 0 Å². The van der Waals surface area contributed by atoms with Gasteiger partial charge in [0, 0.05) is 3.57 Å². The van der Waals surface area contributed by atoms with Crippen LogP contribution < -0.4 is 0 Å². The Hall–Kier alpha value is -0.360. The Bertz CT molecular complexity index is 354. The van der Waals surface area contributed by atoms with Gasteiger partial charge in [-0.05, 0) is 34.7 Å². The molecule has 0 aromatic heterocycles. The molecule has 0 aliphatic carbocycles. The van der Waals surface area contributed by atoms with E-state index in [-0.39, 0.29) is 10.6 Å². The molecular weight excluding hydrogens is 309 g/mol. The first kappa shape index (κ1) is 10.7. The molecule has 2 nitrogen and oxygen atoms in total. The molecule has 0 spiro atoms. The van der Waals surface area contributed by atoms with Crippen molar-refractivity contribution in [2.24, 2.45) is 0 Å². The molecule has 0 radical (unpaired) electrons. The summed E-state index contributed by atoms with van der Waals surface area (Å²) in [5, 5.41) is 0.0600. The lowest BCUT2D eigenvalue weighted by atomic mass is 10.2. The molecule has 1 aromatic carbocycles. The van der Waals surface area contributed by atoms with Gasteiger partial charge in [0.25, 0.3) is 0 Å². The maximum absolute atomic E-state index is 12.9. The summed E-state index contributed by atoms with van der Waals surface area (Å²) in [7, 11) is 1.24. The van der Waals surface area contributed by atoms with E-state index < -0.39 is 11.8 Å². The van der Waals surface area contributed by atoms with Crippen LogP contribution in [-0.4, -0.2) is 13.1 Å². The van der Waals surface area contributed by atoms with Crippen LogP contribution in [0.5, 0.6) is 0 Å². The number of halogens is 3. The average Bonchev–Trinajstić information content (AvgIpc) is 2.10. The summed E-state index contributed by atoms with van der Waals surface area (Å²) in [6.07, 6.45) is 0. The Balaban J connectivity index is 3.23. The minimum absolute atomic E-state index is 0.0600. The topological polar surface area (TPSA) is 26.3 Å². The van der Waals surface area contributed by atoms with E-state index >= 15 is 0 Å². The number of esters is 1. The van der Waals surface area contributed by atoms with E-state index in [9.17, 15) is 9.18 Å². The van der Waals surface area contributed by atoms with Gasteiger partial charge >= 0.3 is 5.97 Å². The molecule has 0 heterocycles. The van der Waals surface area contributed by atoms with Gasteiger partial charge in [-0.3, -0.25) is 0 Å². The van der Waals surface area contributed by atoms with E-state index in [1.807, 2.05) is 0 Å². The maximum atomic E-state index is 12.9. The number of benzene rings is 1. The summed E-state index contributed by atoms with van der Waals surface area (Å²) in [5.74, 6) is -1.01. The van der Waals surface area contributed by atoms with Crippen molar-refractivity contribution in [3.05, 3.63) is 32.1 Å². The van der Waals surface area contributed by atoms with Crippen LogP contribution in [-0.2, 0) is 4.74 Å². The molecule has 13 heavy (non-hydrogen) atoms. The minimum Gasteiger partial charge on any atom is -0.465 e. The summed E-state index contributed by atoms with van der Waals surface area (Å²) in [6.45, 7) is 0. The van der Waals surface area contributed by atoms with Crippen LogP contribution in [0.25, 0.3) is 0 Å². The summed E-state index contributed by atoms with van der Waals surface area (Å²) in [4.78, 5) is 11.1. The van der Waals surface area contributed by atoms with Gasteiger partial charge < -0.3 is 4.74 Å². The molecule has 0 aliphatic rings. The fourth-order valence-corrected chi connectivity index (χ4v) is 1.48. The van der Waals surface area contributed by atoms with E-state index in [1.54, 1.807) is 22.6 Å². The van der Waals surface area contributed by atoms with Crippen molar-refractivity contribution in [3.8, 4) is 0 Å². The highest BCUT2D eigenvalue weighted by atomic mass is 127. The quantitative estimate of drug-likeness (QED) is 0.453. The molecule has 0 saturated carbocycles. The second-order valence-electron chi connectivity index (χ2n) is 2.24. The first-order valence-corrected chi connectivity index (χ1v) is 4.74. The molecule has 0 bridgehead atoms. The zero-order valence-corrected chi connectivity index (χ0v) is 9.52. The van der Waals surface area contributed by atoms with Crippen LogP contribution >= 0.6 is 34.2 Å². The van der Waals surface area contributed by atoms with Crippen molar-refractivity contribution >= 4 is 40.2 Å². The number of carbonyl (C=O) groups excluding carboxylic acids is 1. The third kappa shape index (κ3) is 2.31. The Morgan fingerprint density at radius 2 is 2.23 bits per heavy atom. The average molecular weight is 314 g/mol. The van der Waals surface area contributed by atoms with Crippen molar-refractivity contribution in [2.45, 2.75) is 0 Å². The minimum atomic E-state index is -0.567. The number of hydrogen-bond acceptors (Lipinski definition) is 2.